The van der Waals surface area contributed by atoms with Crippen LogP contribution < -0.4 is 5.32 Å². The summed E-state index contributed by atoms with van der Waals surface area (Å²) in [6.45, 7) is 8.58. The number of benzene rings is 1. The molecule has 0 bridgehead atoms. The third kappa shape index (κ3) is 4.18. The zero-order chi connectivity index (χ0) is 17.0. The Bertz CT molecular complexity index is 694. The molecular formula is C18H24N2O2S. The number of nitrogens with zero attached hydrogens (tertiary/aromatic N) is 1. The highest BCUT2D eigenvalue weighted by Gasteiger charge is 2.19. The third-order valence-electron chi connectivity index (χ3n) is 3.81. The van der Waals surface area contributed by atoms with Crippen molar-refractivity contribution in [3.63, 3.8) is 0 Å². The quantitative estimate of drug-likeness (QED) is 0.873. The molecule has 1 amide bonds. The molecule has 0 aliphatic heterocycles. The van der Waals surface area contributed by atoms with Crippen LogP contribution in [0.3, 0.4) is 0 Å². The van der Waals surface area contributed by atoms with E-state index in [9.17, 15) is 4.79 Å². The van der Waals surface area contributed by atoms with Crippen LogP contribution in [0.15, 0.2) is 18.2 Å². The number of rotatable bonds is 6. The number of methoxy groups -OCH3 is 1. The zero-order valence-corrected chi connectivity index (χ0v) is 15.2. The van der Waals surface area contributed by atoms with Gasteiger partial charge in [-0.3, -0.25) is 4.79 Å². The van der Waals surface area contributed by atoms with Crippen LogP contribution in [0, 0.1) is 20.8 Å². The van der Waals surface area contributed by atoms with E-state index < -0.39 is 0 Å². The Morgan fingerprint density at radius 3 is 2.70 bits per heavy atom. The second-order valence-corrected chi connectivity index (χ2v) is 6.78. The van der Waals surface area contributed by atoms with E-state index in [-0.39, 0.29) is 11.9 Å². The van der Waals surface area contributed by atoms with Crippen molar-refractivity contribution < 1.29 is 9.53 Å². The van der Waals surface area contributed by atoms with Crippen molar-refractivity contribution in [3.05, 3.63) is 39.9 Å². The van der Waals surface area contributed by atoms with E-state index in [0.29, 0.717) is 11.5 Å². The molecule has 0 saturated heterocycles. The van der Waals surface area contributed by atoms with Crippen molar-refractivity contribution in [2.45, 2.75) is 40.2 Å². The predicted octanol–water partition coefficient (Wildman–Crippen LogP) is 3.89. The van der Waals surface area contributed by atoms with Gasteiger partial charge in [0, 0.05) is 12.7 Å². The summed E-state index contributed by atoms with van der Waals surface area (Å²) in [5, 5.41) is 3.91. The number of amides is 1. The molecule has 0 aliphatic rings. The Balaban J connectivity index is 2.25. The minimum Gasteiger partial charge on any atom is -0.383 e. The van der Waals surface area contributed by atoms with Crippen molar-refractivity contribution in [1.82, 2.24) is 10.3 Å². The minimum atomic E-state index is -0.0695. The third-order valence-corrected chi connectivity index (χ3v) is 5.00. The number of ether oxygens (including phenoxy) is 1. The first-order valence-corrected chi connectivity index (χ1v) is 8.62. The Morgan fingerprint density at radius 1 is 1.35 bits per heavy atom. The number of carbonyl (C=O) groups excluding carboxylic acids is 1. The molecule has 1 aromatic heterocycles. The zero-order valence-electron chi connectivity index (χ0n) is 14.4. The molecule has 5 heteroatoms. The molecule has 0 fully saturated rings. The number of hydrogen-bond acceptors (Lipinski definition) is 4. The highest BCUT2D eigenvalue weighted by atomic mass is 32.1. The molecule has 2 aromatic rings. The molecule has 0 saturated carbocycles. The molecule has 124 valence electrons. The van der Waals surface area contributed by atoms with Gasteiger partial charge in [0.05, 0.1) is 18.3 Å². The summed E-state index contributed by atoms with van der Waals surface area (Å²) in [6, 6.07) is 6.31. The summed E-state index contributed by atoms with van der Waals surface area (Å²) in [5.74, 6) is -0.0695. The molecule has 1 N–H and O–H groups in total. The summed E-state index contributed by atoms with van der Waals surface area (Å²) in [7, 11) is 1.64. The van der Waals surface area contributed by atoms with Crippen LogP contribution in [0.5, 0.6) is 0 Å². The smallest absolute Gasteiger partial charge is 0.263 e. The summed E-state index contributed by atoms with van der Waals surface area (Å²) in [4.78, 5) is 17.8. The predicted molar refractivity (Wildman–Crippen MR) is 95.2 cm³/mol. The van der Waals surface area contributed by atoms with Crippen LogP contribution in [0.2, 0.25) is 0 Å². The Morgan fingerprint density at radius 2 is 2.09 bits per heavy atom. The van der Waals surface area contributed by atoms with E-state index in [1.54, 1.807) is 7.11 Å². The van der Waals surface area contributed by atoms with Gasteiger partial charge < -0.3 is 10.1 Å². The van der Waals surface area contributed by atoms with Crippen LogP contribution in [0.1, 0.15) is 39.8 Å². The second-order valence-electron chi connectivity index (χ2n) is 5.79. The van der Waals surface area contributed by atoms with Crippen molar-refractivity contribution >= 4 is 17.2 Å². The highest BCUT2D eigenvalue weighted by Crippen LogP contribution is 2.30. The minimum absolute atomic E-state index is 0.0264. The van der Waals surface area contributed by atoms with Crippen LogP contribution in [0.4, 0.5) is 0 Å². The van der Waals surface area contributed by atoms with Gasteiger partial charge in [0.1, 0.15) is 9.88 Å². The number of nitrogens with one attached hydrogen (secondary N) is 1. The van der Waals surface area contributed by atoms with Crippen LogP contribution in [-0.4, -0.2) is 30.6 Å². The molecule has 1 atom stereocenters. The maximum absolute atomic E-state index is 12.5. The molecule has 2 rings (SSSR count). The monoisotopic (exact) mass is 332 g/mol. The lowest BCUT2D eigenvalue weighted by Gasteiger charge is -2.15. The van der Waals surface area contributed by atoms with Crippen molar-refractivity contribution in [3.8, 4) is 10.6 Å². The van der Waals surface area contributed by atoms with E-state index in [1.165, 1.54) is 22.5 Å². The van der Waals surface area contributed by atoms with Gasteiger partial charge in [0.15, 0.2) is 0 Å². The van der Waals surface area contributed by atoms with Crippen molar-refractivity contribution in [2.75, 3.05) is 13.7 Å². The summed E-state index contributed by atoms with van der Waals surface area (Å²) in [6.07, 6.45) is 0.835. The number of aryl methyl sites for hydroxylation is 3. The standard InChI is InChI=1S/C18H24N2O2S/c1-6-14(10-22-5)20-17(21)16-13(4)19-18(23-16)15-8-7-11(2)9-12(15)3/h7-9,14H,6,10H2,1-5H3,(H,20,21). The lowest BCUT2D eigenvalue weighted by atomic mass is 10.1. The molecule has 0 aliphatic carbocycles. The summed E-state index contributed by atoms with van der Waals surface area (Å²) < 4.78 is 5.14. The summed E-state index contributed by atoms with van der Waals surface area (Å²) in [5.41, 5.74) is 4.26. The first-order chi connectivity index (χ1) is 11.0. The van der Waals surface area contributed by atoms with Gasteiger partial charge in [0.2, 0.25) is 0 Å². The number of thiazole rings is 1. The summed E-state index contributed by atoms with van der Waals surface area (Å²) >= 11 is 1.45. The van der Waals surface area contributed by atoms with Gasteiger partial charge in [-0.25, -0.2) is 4.98 Å². The Kier molecular flexibility index (Phi) is 5.91. The van der Waals surface area contributed by atoms with E-state index >= 15 is 0 Å². The average molecular weight is 332 g/mol. The van der Waals surface area contributed by atoms with Crippen molar-refractivity contribution in [1.29, 1.82) is 0 Å². The van der Waals surface area contributed by atoms with Crippen LogP contribution in [0.25, 0.3) is 10.6 Å². The maximum Gasteiger partial charge on any atom is 0.263 e. The molecular weight excluding hydrogens is 308 g/mol. The second kappa shape index (κ2) is 7.70. The van der Waals surface area contributed by atoms with E-state index in [4.69, 9.17) is 4.74 Å². The van der Waals surface area contributed by atoms with Gasteiger partial charge in [0.25, 0.3) is 5.91 Å². The van der Waals surface area contributed by atoms with Crippen molar-refractivity contribution in [2.24, 2.45) is 0 Å². The van der Waals surface area contributed by atoms with Gasteiger partial charge in [-0.1, -0.05) is 30.7 Å². The SMILES string of the molecule is CCC(COC)NC(=O)c1sc(-c2ccc(C)cc2C)nc1C. The van der Waals surface area contributed by atoms with Crippen LogP contribution in [-0.2, 0) is 4.74 Å². The molecule has 0 spiro atoms. The highest BCUT2D eigenvalue weighted by molar-refractivity contribution is 7.17. The molecule has 1 unspecified atom stereocenters. The number of carbonyl (C=O) groups is 1. The van der Waals surface area contributed by atoms with Gasteiger partial charge in [-0.15, -0.1) is 11.3 Å². The first kappa shape index (κ1) is 17.6. The van der Waals surface area contributed by atoms with E-state index in [0.717, 1.165) is 22.7 Å². The lowest BCUT2D eigenvalue weighted by Crippen LogP contribution is -2.37. The fraction of sp³-hybridized carbons (Fsp3) is 0.444. The van der Waals surface area contributed by atoms with Gasteiger partial charge >= 0.3 is 0 Å². The number of hydrogen-bond donors (Lipinski definition) is 1. The Labute approximate surface area is 141 Å². The molecule has 0 radical (unpaired) electrons. The molecule has 1 aromatic carbocycles. The maximum atomic E-state index is 12.5. The topological polar surface area (TPSA) is 51.2 Å². The normalized spacial score (nSPS) is 12.2. The lowest BCUT2D eigenvalue weighted by molar-refractivity contribution is 0.0898. The Hall–Kier alpha value is -1.72. The fourth-order valence-corrected chi connectivity index (χ4v) is 3.55. The van der Waals surface area contributed by atoms with Gasteiger partial charge in [-0.05, 0) is 32.8 Å². The molecule has 4 nitrogen and oxygen atoms in total. The van der Waals surface area contributed by atoms with Crippen LogP contribution >= 0.6 is 11.3 Å². The molecule has 1 heterocycles. The van der Waals surface area contributed by atoms with Gasteiger partial charge in [-0.2, -0.15) is 0 Å². The molecule has 23 heavy (non-hydrogen) atoms. The number of aromatic nitrogens is 1. The van der Waals surface area contributed by atoms with E-state index in [1.807, 2.05) is 13.8 Å². The fourth-order valence-electron chi connectivity index (χ4n) is 2.49. The largest absolute Gasteiger partial charge is 0.383 e. The average Bonchev–Trinajstić information content (AvgIpc) is 2.88. The van der Waals surface area contributed by atoms with E-state index in [2.05, 4.69) is 42.3 Å². The first-order valence-electron chi connectivity index (χ1n) is 7.81.